The number of phenols is 2. The van der Waals surface area contributed by atoms with E-state index in [2.05, 4.69) is 46.8 Å². The van der Waals surface area contributed by atoms with Gasteiger partial charge in [0.05, 0.1) is 0 Å². The fourth-order valence-corrected chi connectivity index (χ4v) is 5.94. The van der Waals surface area contributed by atoms with Gasteiger partial charge in [0, 0.05) is 17.0 Å². The molecule has 0 amide bonds. The largest absolute Gasteiger partial charge is 0.507 e. The van der Waals surface area contributed by atoms with Crippen LogP contribution in [0.25, 0.3) is 0 Å². The summed E-state index contributed by atoms with van der Waals surface area (Å²) in [6, 6.07) is 8.32. The predicted molar refractivity (Wildman–Crippen MR) is 117 cm³/mol. The molecular formula is C26H36O2. The zero-order valence-electron chi connectivity index (χ0n) is 18.5. The first-order valence-corrected chi connectivity index (χ1v) is 10.7. The molecule has 1 saturated carbocycles. The third kappa shape index (κ3) is 3.79. The number of rotatable bonds is 3. The third-order valence-corrected chi connectivity index (χ3v) is 6.87. The summed E-state index contributed by atoms with van der Waals surface area (Å²) in [5, 5.41) is 22.1. The van der Waals surface area contributed by atoms with Crippen molar-refractivity contribution in [2.45, 2.75) is 67.2 Å². The fourth-order valence-electron chi connectivity index (χ4n) is 5.94. The van der Waals surface area contributed by atoms with Crippen molar-refractivity contribution >= 4 is 0 Å². The fraction of sp³-hybridized carbons (Fsp3) is 0.538. The molecule has 2 nitrogen and oxygen atoms in total. The molecule has 0 spiro atoms. The van der Waals surface area contributed by atoms with Gasteiger partial charge in [-0.3, -0.25) is 0 Å². The van der Waals surface area contributed by atoms with Crippen LogP contribution in [0.3, 0.4) is 0 Å². The quantitative estimate of drug-likeness (QED) is 0.616. The van der Waals surface area contributed by atoms with Gasteiger partial charge in [0.2, 0.25) is 0 Å². The van der Waals surface area contributed by atoms with Gasteiger partial charge in [-0.1, -0.05) is 56.2 Å². The summed E-state index contributed by atoms with van der Waals surface area (Å²) in [6.45, 7) is 15.2. The summed E-state index contributed by atoms with van der Waals surface area (Å²) < 4.78 is 0. The molecule has 0 bridgehead atoms. The summed E-state index contributed by atoms with van der Waals surface area (Å²) in [5.41, 5.74) is 6.07. The molecule has 1 fully saturated rings. The lowest BCUT2D eigenvalue weighted by molar-refractivity contribution is 0.119. The van der Waals surface area contributed by atoms with Crippen LogP contribution in [0.4, 0.5) is 0 Å². The van der Waals surface area contributed by atoms with Gasteiger partial charge >= 0.3 is 0 Å². The van der Waals surface area contributed by atoms with E-state index in [0.29, 0.717) is 29.3 Å². The summed E-state index contributed by atoms with van der Waals surface area (Å²) in [4.78, 5) is 0. The maximum atomic E-state index is 11.1. The topological polar surface area (TPSA) is 40.5 Å². The summed E-state index contributed by atoms with van der Waals surface area (Å²) in [6.07, 6.45) is 2.39. The normalized spacial score (nSPS) is 25.3. The average molecular weight is 381 g/mol. The van der Waals surface area contributed by atoms with Gasteiger partial charge in [0.1, 0.15) is 11.5 Å². The molecule has 2 unspecified atom stereocenters. The van der Waals surface area contributed by atoms with Crippen molar-refractivity contribution in [3.8, 4) is 11.5 Å². The smallest absolute Gasteiger partial charge is 0.122 e. The number of aryl methyl sites for hydroxylation is 4. The Labute approximate surface area is 170 Å². The van der Waals surface area contributed by atoms with Crippen LogP contribution in [-0.4, -0.2) is 10.2 Å². The number of aromatic hydroxyl groups is 2. The van der Waals surface area contributed by atoms with E-state index in [-0.39, 0.29) is 5.92 Å². The average Bonchev–Trinajstić information content (AvgIpc) is 2.58. The standard InChI is InChI=1S/C26H36O2/c1-14-8-17(4)23(18(5)9-14)24(21-12-15(2)10-19(6)25(21)27)22-13-16(3)11-20(7)26(22)28/h10-14,17-18,23-24,27-28H,8-9H2,1-7H3. The lowest BCUT2D eigenvalue weighted by Gasteiger charge is -2.43. The zero-order chi connectivity index (χ0) is 20.7. The summed E-state index contributed by atoms with van der Waals surface area (Å²) in [7, 11) is 0. The highest BCUT2D eigenvalue weighted by Gasteiger charge is 2.40. The van der Waals surface area contributed by atoms with Crippen molar-refractivity contribution < 1.29 is 10.2 Å². The molecule has 0 aliphatic heterocycles. The van der Waals surface area contributed by atoms with E-state index in [1.54, 1.807) is 0 Å². The molecule has 2 atom stereocenters. The minimum Gasteiger partial charge on any atom is -0.507 e. The second-order valence-electron chi connectivity index (χ2n) is 9.63. The SMILES string of the molecule is Cc1cc(C)c(O)c(C(c2cc(C)cc(C)c2O)C2C(C)CC(C)CC2C)c1. The van der Waals surface area contributed by atoms with Crippen molar-refractivity contribution in [3.05, 3.63) is 57.6 Å². The van der Waals surface area contributed by atoms with E-state index in [1.807, 2.05) is 26.0 Å². The number of benzene rings is 2. The first kappa shape index (κ1) is 20.8. The van der Waals surface area contributed by atoms with Gasteiger partial charge in [0.25, 0.3) is 0 Å². The molecule has 3 rings (SSSR count). The molecule has 1 aliphatic carbocycles. The van der Waals surface area contributed by atoms with Gasteiger partial charge in [-0.25, -0.2) is 0 Å². The van der Waals surface area contributed by atoms with E-state index >= 15 is 0 Å². The second-order valence-corrected chi connectivity index (χ2v) is 9.63. The molecule has 0 aromatic heterocycles. The van der Waals surface area contributed by atoms with Crippen LogP contribution in [0.5, 0.6) is 11.5 Å². The highest BCUT2D eigenvalue weighted by atomic mass is 16.3. The Hall–Kier alpha value is -1.96. The highest BCUT2D eigenvalue weighted by Crippen LogP contribution is 2.52. The zero-order valence-corrected chi connectivity index (χ0v) is 18.5. The third-order valence-electron chi connectivity index (χ3n) is 6.87. The second kappa shape index (κ2) is 7.81. The molecule has 0 saturated heterocycles. The Bertz CT molecular complexity index is 798. The molecule has 2 heteroatoms. The van der Waals surface area contributed by atoms with Crippen molar-refractivity contribution in [1.29, 1.82) is 0 Å². The molecule has 2 N–H and O–H groups in total. The maximum Gasteiger partial charge on any atom is 0.122 e. The molecule has 152 valence electrons. The van der Waals surface area contributed by atoms with Crippen LogP contribution < -0.4 is 0 Å². The lowest BCUT2D eigenvalue weighted by atomic mass is 9.61. The van der Waals surface area contributed by atoms with E-state index in [0.717, 1.165) is 39.3 Å². The Morgan fingerprint density at radius 3 is 1.50 bits per heavy atom. The Morgan fingerprint density at radius 2 is 1.11 bits per heavy atom. The van der Waals surface area contributed by atoms with Crippen molar-refractivity contribution in [3.63, 3.8) is 0 Å². The Kier molecular flexibility index (Phi) is 5.79. The molecule has 0 radical (unpaired) electrons. The Morgan fingerprint density at radius 1 is 0.714 bits per heavy atom. The Balaban J connectivity index is 2.27. The maximum absolute atomic E-state index is 11.1. The van der Waals surface area contributed by atoms with Crippen molar-refractivity contribution in [1.82, 2.24) is 0 Å². The van der Waals surface area contributed by atoms with E-state index in [4.69, 9.17) is 0 Å². The van der Waals surface area contributed by atoms with Gasteiger partial charge in [-0.05, 0) is 75.3 Å². The molecule has 0 heterocycles. The van der Waals surface area contributed by atoms with Gasteiger partial charge in [0.15, 0.2) is 0 Å². The first-order chi connectivity index (χ1) is 13.1. The molecular weight excluding hydrogens is 344 g/mol. The minimum atomic E-state index is -0.00491. The molecule has 28 heavy (non-hydrogen) atoms. The highest BCUT2D eigenvalue weighted by molar-refractivity contribution is 5.54. The van der Waals surface area contributed by atoms with Gasteiger partial charge in [-0.15, -0.1) is 0 Å². The van der Waals surface area contributed by atoms with Crippen LogP contribution in [0.2, 0.25) is 0 Å². The predicted octanol–water partition coefficient (Wildman–Crippen LogP) is 6.78. The number of phenolic OH excluding ortho intramolecular Hbond substituents is 2. The first-order valence-electron chi connectivity index (χ1n) is 10.7. The molecule has 2 aromatic carbocycles. The van der Waals surface area contributed by atoms with Crippen LogP contribution in [0.15, 0.2) is 24.3 Å². The summed E-state index contributed by atoms with van der Waals surface area (Å²) in [5.74, 6) is 2.93. The minimum absolute atomic E-state index is 0.00491. The van der Waals surface area contributed by atoms with Crippen LogP contribution in [-0.2, 0) is 0 Å². The monoisotopic (exact) mass is 380 g/mol. The van der Waals surface area contributed by atoms with E-state index < -0.39 is 0 Å². The van der Waals surface area contributed by atoms with Crippen molar-refractivity contribution in [2.75, 3.05) is 0 Å². The molecule has 1 aliphatic rings. The summed E-state index contributed by atoms with van der Waals surface area (Å²) >= 11 is 0. The van der Waals surface area contributed by atoms with Gasteiger partial charge < -0.3 is 10.2 Å². The van der Waals surface area contributed by atoms with Gasteiger partial charge in [-0.2, -0.15) is 0 Å². The van der Waals surface area contributed by atoms with Crippen LogP contribution >= 0.6 is 0 Å². The molecule has 2 aromatic rings. The number of hydrogen-bond donors (Lipinski definition) is 2. The number of hydrogen-bond acceptors (Lipinski definition) is 2. The van der Waals surface area contributed by atoms with Crippen molar-refractivity contribution in [2.24, 2.45) is 23.7 Å². The van der Waals surface area contributed by atoms with Crippen LogP contribution in [0, 0.1) is 51.4 Å². The van der Waals surface area contributed by atoms with Crippen LogP contribution in [0.1, 0.15) is 72.9 Å². The van der Waals surface area contributed by atoms with E-state index in [9.17, 15) is 10.2 Å². The van der Waals surface area contributed by atoms with E-state index in [1.165, 1.54) is 12.8 Å². The lowest BCUT2D eigenvalue weighted by Crippen LogP contribution is -2.34.